The fourth-order valence-corrected chi connectivity index (χ4v) is 2.81. The lowest BCUT2D eigenvalue weighted by Gasteiger charge is -2.14. The first-order valence-electron chi connectivity index (χ1n) is 6.65. The summed E-state index contributed by atoms with van der Waals surface area (Å²) >= 11 is 3.36. The maximum Gasteiger partial charge on any atom is 0.207 e. The summed E-state index contributed by atoms with van der Waals surface area (Å²) in [6, 6.07) is 7.47. The molecule has 5 nitrogen and oxygen atoms in total. The second kappa shape index (κ2) is 5.98. The Bertz CT molecular complexity index is 773. The van der Waals surface area contributed by atoms with Gasteiger partial charge in [-0.1, -0.05) is 15.9 Å². The van der Waals surface area contributed by atoms with Crippen molar-refractivity contribution in [3.8, 4) is 6.07 Å². The molecular formula is C15H13BrN2O3. The van der Waals surface area contributed by atoms with Crippen molar-refractivity contribution in [1.29, 1.82) is 5.26 Å². The summed E-state index contributed by atoms with van der Waals surface area (Å²) in [5, 5.41) is 9.67. The van der Waals surface area contributed by atoms with E-state index in [0.29, 0.717) is 31.6 Å². The maximum absolute atomic E-state index is 12.2. The van der Waals surface area contributed by atoms with Crippen LogP contribution in [0.15, 0.2) is 33.7 Å². The second-order valence-corrected chi connectivity index (χ2v) is 5.71. The molecule has 108 valence electrons. The Morgan fingerprint density at radius 3 is 2.86 bits per heavy atom. The second-order valence-electron chi connectivity index (χ2n) is 4.80. The Balaban J connectivity index is 2.02. The van der Waals surface area contributed by atoms with Crippen molar-refractivity contribution in [2.75, 3.05) is 13.2 Å². The molecule has 1 aromatic carbocycles. The van der Waals surface area contributed by atoms with Gasteiger partial charge in [-0.15, -0.1) is 0 Å². The minimum Gasteiger partial charge on any atom is -0.350 e. The molecule has 0 atom stereocenters. The summed E-state index contributed by atoms with van der Waals surface area (Å²) in [4.78, 5) is 12.2. The fourth-order valence-electron chi connectivity index (χ4n) is 2.45. The van der Waals surface area contributed by atoms with Gasteiger partial charge in [-0.3, -0.25) is 4.79 Å². The number of hydrogen-bond donors (Lipinski definition) is 0. The molecule has 0 spiro atoms. The lowest BCUT2D eigenvalue weighted by atomic mass is 10.1. The van der Waals surface area contributed by atoms with Crippen LogP contribution in [0.25, 0.3) is 10.9 Å². The zero-order valence-corrected chi connectivity index (χ0v) is 12.8. The highest BCUT2D eigenvalue weighted by atomic mass is 79.9. The quantitative estimate of drug-likeness (QED) is 0.854. The predicted molar refractivity (Wildman–Crippen MR) is 80.9 cm³/mol. The lowest BCUT2D eigenvalue weighted by molar-refractivity contribution is -0.0489. The minimum atomic E-state index is -0.238. The third-order valence-electron chi connectivity index (χ3n) is 3.46. The highest BCUT2D eigenvalue weighted by molar-refractivity contribution is 9.10. The van der Waals surface area contributed by atoms with Crippen LogP contribution in [0.1, 0.15) is 12.0 Å². The Hall–Kier alpha value is -1.68. The number of rotatable bonds is 3. The van der Waals surface area contributed by atoms with Gasteiger partial charge in [0.2, 0.25) is 5.43 Å². The van der Waals surface area contributed by atoms with Crippen LogP contribution in [0, 0.1) is 11.3 Å². The van der Waals surface area contributed by atoms with Crippen LogP contribution in [0.2, 0.25) is 0 Å². The maximum atomic E-state index is 12.2. The van der Waals surface area contributed by atoms with E-state index in [1.807, 2.05) is 22.8 Å². The van der Waals surface area contributed by atoms with E-state index >= 15 is 0 Å². The van der Waals surface area contributed by atoms with Gasteiger partial charge in [0.15, 0.2) is 6.29 Å². The van der Waals surface area contributed by atoms with Gasteiger partial charge in [0.25, 0.3) is 0 Å². The molecule has 0 unspecified atom stereocenters. The number of halogens is 1. The number of nitriles is 1. The van der Waals surface area contributed by atoms with E-state index in [2.05, 4.69) is 15.9 Å². The highest BCUT2D eigenvalue weighted by Gasteiger charge is 2.16. The summed E-state index contributed by atoms with van der Waals surface area (Å²) in [7, 11) is 0. The third kappa shape index (κ3) is 2.86. The van der Waals surface area contributed by atoms with E-state index in [1.165, 1.54) is 0 Å². The number of hydrogen-bond acceptors (Lipinski definition) is 4. The van der Waals surface area contributed by atoms with Crippen LogP contribution in [0.5, 0.6) is 0 Å². The molecule has 0 saturated carbocycles. The monoisotopic (exact) mass is 348 g/mol. The summed E-state index contributed by atoms with van der Waals surface area (Å²) in [5.74, 6) is 0. The molecule has 3 rings (SSSR count). The number of aryl methyl sites for hydroxylation is 1. The summed E-state index contributed by atoms with van der Waals surface area (Å²) in [6.45, 7) is 1.86. The number of aromatic nitrogens is 1. The Kier molecular flexibility index (Phi) is 4.06. The highest BCUT2D eigenvalue weighted by Crippen LogP contribution is 2.19. The third-order valence-corrected chi connectivity index (χ3v) is 3.95. The Morgan fingerprint density at radius 2 is 2.14 bits per heavy atom. The Morgan fingerprint density at radius 1 is 1.38 bits per heavy atom. The minimum absolute atomic E-state index is 0.147. The zero-order valence-electron chi connectivity index (χ0n) is 11.2. The standard InChI is InChI=1S/C15H13BrN2O3/c16-11-1-2-13-12(7-11)15(19)10(8-17)9-18(13)4-3-14-20-5-6-21-14/h1-2,7,9,14H,3-6H2. The molecular weight excluding hydrogens is 336 g/mol. The summed E-state index contributed by atoms with van der Waals surface area (Å²) in [6.07, 6.45) is 2.08. The number of benzene rings is 1. The summed E-state index contributed by atoms with van der Waals surface area (Å²) in [5.41, 5.74) is 0.715. The van der Waals surface area contributed by atoms with Crippen molar-refractivity contribution in [3.63, 3.8) is 0 Å². The van der Waals surface area contributed by atoms with Crippen LogP contribution in [0.4, 0.5) is 0 Å². The number of fused-ring (bicyclic) bond motifs is 1. The first-order valence-corrected chi connectivity index (χ1v) is 7.44. The van der Waals surface area contributed by atoms with Crippen LogP contribution in [-0.2, 0) is 16.0 Å². The topological polar surface area (TPSA) is 64.2 Å². The van der Waals surface area contributed by atoms with Gasteiger partial charge < -0.3 is 14.0 Å². The van der Waals surface area contributed by atoms with Gasteiger partial charge in [-0.25, -0.2) is 0 Å². The lowest BCUT2D eigenvalue weighted by Crippen LogP contribution is -2.16. The van der Waals surface area contributed by atoms with E-state index in [0.717, 1.165) is 9.99 Å². The molecule has 1 saturated heterocycles. The average molecular weight is 349 g/mol. The molecule has 1 aliphatic heterocycles. The van der Waals surface area contributed by atoms with Gasteiger partial charge in [-0.05, 0) is 18.2 Å². The van der Waals surface area contributed by atoms with Crippen LogP contribution >= 0.6 is 15.9 Å². The largest absolute Gasteiger partial charge is 0.350 e. The van der Waals surface area contributed by atoms with E-state index in [9.17, 15) is 4.79 Å². The van der Waals surface area contributed by atoms with Crippen molar-refractivity contribution in [2.45, 2.75) is 19.3 Å². The van der Waals surface area contributed by atoms with Gasteiger partial charge >= 0.3 is 0 Å². The summed E-state index contributed by atoms with van der Waals surface area (Å²) < 4.78 is 13.6. The van der Waals surface area contributed by atoms with Gasteiger partial charge in [0.05, 0.1) is 18.7 Å². The van der Waals surface area contributed by atoms with E-state index in [1.54, 1.807) is 12.3 Å². The van der Waals surface area contributed by atoms with Crippen LogP contribution in [-0.4, -0.2) is 24.1 Å². The number of pyridine rings is 1. The SMILES string of the molecule is N#Cc1cn(CCC2OCCO2)c2ccc(Br)cc2c1=O. The molecule has 0 N–H and O–H groups in total. The normalized spacial score (nSPS) is 15.4. The fraction of sp³-hybridized carbons (Fsp3) is 0.333. The molecule has 6 heteroatoms. The first kappa shape index (κ1) is 14.3. The van der Waals surface area contributed by atoms with Gasteiger partial charge in [0.1, 0.15) is 11.6 Å². The first-order chi connectivity index (χ1) is 10.2. The van der Waals surface area contributed by atoms with Gasteiger partial charge in [-0.2, -0.15) is 5.26 Å². The molecule has 0 amide bonds. The molecule has 21 heavy (non-hydrogen) atoms. The molecule has 0 bridgehead atoms. The van der Waals surface area contributed by atoms with Crippen molar-refractivity contribution < 1.29 is 9.47 Å². The molecule has 0 radical (unpaired) electrons. The number of ether oxygens (including phenoxy) is 2. The Labute approximate surface area is 129 Å². The molecule has 2 heterocycles. The molecule has 0 aliphatic carbocycles. The smallest absolute Gasteiger partial charge is 0.207 e. The van der Waals surface area contributed by atoms with Crippen LogP contribution < -0.4 is 5.43 Å². The van der Waals surface area contributed by atoms with Crippen LogP contribution in [0.3, 0.4) is 0 Å². The number of nitrogens with zero attached hydrogens (tertiary/aromatic N) is 2. The molecule has 1 aliphatic rings. The van der Waals surface area contributed by atoms with Crippen molar-refractivity contribution in [3.05, 3.63) is 44.7 Å². The molecule has 1 fully saturated rings. The molecule has 2 aromatic rings. The predicted octanol–water partition coefficient (Wildman–Crippen LogP) is 2.40. The van der Waals surface area contributed by atoms with Crippen molar-refractivity contribution in [1.82, 2.24) is 4.57 Å². The van der Waals surface area contributed by atoms with E-state index in [4.69, 9.17) is 14.7 Å². The zero-order chi connectivity index (χ0) is 14.8. The van der Waals surface area contributed by atoms with Crippen molar-refractivity contribution >= 4 is 26.8 Å². The van der Waals surface area contributed by atoms with E-state index in [-0.39, 0.29) is 17.3 Å². The molecule has 1 aromatic heterocycles. The van der Waals surface area contributed by atoms with E-state index < -0.39 is 0 Å². The van der Waals surface area contributed by atoms with Gasteiger partial charge in [0, 0.05) is 29.0 Å². The van der Waals surface area contributed by atoms with Crippen molar-refractivity contribution in [2.24, 2.45) is 0 Å². The average Bonchev–Trinajstić information content (AvgIpc) is 3.00.